The minimum atomic E-state index is -0.352. The van der Waals surface area contributed by atoms with Crippen LogP contribution in [0.5, 0.6) is 0 Å². The molecule has 0 bridgehead atoms. The Hall–Kier alpha value is -3.12. The lowest BCUT2D eigenvalue weighted by atomic mass is 9.91. The first-order chi connectivity index (χ1) is 12.6. The summed E-state index contributed by atoms with van der Waals surface area (Å²) in [6, 6.07) is 23.6. The second kappa shape index (κ2) is 7.84. The zero-order valence-corrected chi connectivity index (χ0v) is 15.0. The Morgan fingerprint density at radius 3 is 2.42 bits per heavy atom. The summed E-state index contributed by atoms with van der Waals surface area (Å²) in [6.07, 6.45) is 0.408. The van der Waals surface area contributed by atoms with Crippen LogP contribution in [-0.4, -0.2) is 12.1 Å². The van der Waals surface area contributed by atoms with Gasteiger partial charge in [-0.2, -0.15) is 5.26 Å². The van der Waals surface area contributed by atoms with Crippen molar-refractivity contribution in [2.24, 2.45) is 0 Å². The first-order valence-electron chi connectivity index (χ1n) is 8.75. The van der Waals surface area contributed by atoms with E-state index in [0.29, 0.717) is 12.0 Å². The molecular formula is C23H21NO2. The quantitative estimate of drug-likeness (QED) is 0.613. The molecule has 0 saturated heterocycles. The molecule has 0 N–H and O–H groups in total. The van der Waals surface area contributed by atoms with Crippen LogP contribution in [0.1, 0.15) is 36.5 Å². The van der Waals surface area contributed by atoms with Gasteiger partial charge in [-0.25, -0.2) is 0 Å². The summed E-state index contributed by atoms with van der Waals surface area (Å²) in [5.74, 6) is -0.563. The predicted octanol–water partition coefficient (Wildman–Crippen LogP) is 4.99. The highest BCUT2D eigenvalue weighted by molar-refractivity contribution is 5.85. The Morgan fingerprint density at radius 2 is 1.73 bits per heavy atom. The number of hydrogen-bond donors (Lipinski definition) is 0. The average molecular weight is 343 g/mol. The van der Waals surface area contributed by atoms with Crippen molar-refractivity contribution in [3.63, 3.8) is 0 Å². The molecule has 0 amide bonds. The van der Waals surface area contributed by atoms with Crippen LogP contribution in [0.2, 0.25) is 0 Å². The summed E-state index contributed by atoms with van der Waals surface area (Å²) in [5, 5.41) is 11.2. The molecule has 130 valence electrons. The molecule has 0 aliphatic rings. The Balaban J connectivity index is 1.94. The van der Waals surface area contributed by atoms with Crippen LogP contribution in [-0.2, 0) is 16.0 Å². The third-order valence-electron chi connectivity index (χ3n) is 4.31. The molecule has 0 aliphatic carbocycles. The third kappa shape index (κ3) is 4.10. The molecule has 0 spiro atoms. The Bertz CT molecular complexity index is 955. The number of esters is 1. The van der Waals surface area contributed by atoms with Gasteiger partial charge in [0.25, 0.3) is 0 Å². The van der Waals surface area contributed by atoms with Gasteiger partial charge in [0.05, 0.1) is 23.7 Å². The molecule has 3 aromatic rings. The number of nitriles is 1. The summed E-state index contributed by atoms with van der Waals surface area (Å²) < 4.78 is 5.48. The van der Waals surface area contributed by atoms with Gasteiger partial charge in [-0.1, -0.05) is 54.6 Å². The van der Waals surface area contributed by atoms with Gasteiger partial charge in [-0.05, 0) is 54.3 Å². The standard InChI is InChI=1S/C23H21NO2/c1-16(2)26-23(25)22(20-6-4-3-5-7-20)14-17-8-10-19-11-9-18(15-24)13-21(19)12-17/h3-13,16,22H,14H2,1-2H3. The molecule has 0 aliphatic heterocycles. The van der Waals surface area contributed by atoms with Crippen LogP contribution < -0.4 is 0 Å². The normalized spacial score (nSPS) is 11.9. The van der Waals surface area contributed by atoms with Crippen molar-refractivity contribution in [2.45, 2.75) is 32.3 Å². The van der Waals surface area contributed by atoms with Gasteiger partial charge in [0.1, 0.15) is 0 Å². The van der Waals surface area contributed by atoms with Gasteiger partial charge < -0.3 is 4.74 Å². The Kier molecular flexibility index (Phi) is 5.34. The number of rotatable bonds is 5. The molecule has 3 aromatic carbocycles. The maximum atomic E-state index is 12.7. The van der Waals surface area contributed by atoms with E-state index in [4.69, 9.17) is 10.00 Å². The van der Waals surface area contributed by atoms with Gasteiger partial charge in [-0.3, -0.25) is 4.79 Å². The van der Waals surface area contributed by atoms with Gasteiger partial charge in [0.2, 0.25) is 0 Å². The molecule has 3 heteroatoms. The lowest BCUT2D eigenvalue weighted by Gasteiger charge is -2.18. The monoisotopic (exact) mass is 343 g/mol. The van der Waals surface area contributed by atoms with E-state index in [1.807, 2.05) is 74.5 Å². The zero-order valence-electron chi connectivity index (χ0n) is 15.0. The summed E-state index contributed by atoms with van der Waals surface area (Å²) >= 11 is 0. The lowest BCUT2D eigenvalue weighted by molar-refractivity contribution is -0.149. The lowest BCUT2D eigenvalue weighted by Crippen LogP contribution is -2.21. The van der Waals surface area contributed by atoms with Crippen molar-refractivity contribution in [1.82, 2.24) is 0 Å². The van der Waals surface area contributed by atoms with E-state index in [-0.39, 0.29) is 18.0 Å². The smallest absolute Gasteiger partial charge is 0.314 e. The van der Waals surface area contributed by atoms with Crippen molar-refractivity contribution in [3.8, 4) is 6.07 Å². The fourth-order valence-corrected chi connectivity index (χ4v) is 3.07. The van der Waals surface area contributed by atoms with Crippen molar-refractivity contribution >= 4 is 16.7 Å². The first-order valence-corrected chi connectivity index (χ1v) is 8.75. The van der Waals surface area contributed by atoms with Gasteiger partial charge in [-0.15, -0.1) is 0 Å². The van der Waals surface area contributed by atoms with Crippen LogP contribution in [0.25, 0.3) is 10.8 Å². The van der Waals surface area contributed by atoms with E-state index in [0.717, 1.165) is 21.9 Å². The molecule has 1 atom stereocenters. The van der Waals surface area contributed by atoms with Crippen LogP contribution in [0.15, 0.2) is 66.7 Å². The number of benzene rings is 3. The summed E-state index contributed by atoms with van der Waals surface area (Å²) in [7, 11) is 0. The molecular weight excluding hydrogens is 322 g/mol. The average Bonchev–Trinajstić information content (AvgIpc) is 2.65. The number of fused-ring (bicyclic) bond motifs is 1. The first kappa shape index (κ1) is 17.7. The zero-order chi connectivity index (χ0) is 18.5. The maximum Gasteiger partial charge on any atom is 0.314 e. The minimum Gasteiger partial charge on any atom is -0.462 e. The van der Waals surface area contributed by atoms with Crippen molar-refractivity contribution in [1.29, 1.82) is 5.26 Å². The highest BCUT2D eigenvalue weighted by Gasteiger charge is 2.23. The van der Waals surface area contributed by atoms with Gasteiger partial charge in [0.15, 0.2) is 0 Å². The largest absolute Gasteiger partial charge is 0.462 e. The van der Waals surface area contributed by atoms with Crippen LogP contribution in [0, 0.1) is 11.3 Å². The second-order valence-electron chi connectivity index (χ2n) is 6.66. The van der Waals surface area contributed by atoms with Crippen molar-refractivity contribution in [2.75, 3.05) is 0 Å². The third-order valence-corrected chi connectivity index (χ3v) is 4.31. The second-order valence-corrected chi connectivity index (χ2v) is 6.66. The van der Waals surface area contributed by atoms with E-state index in [9.17, 15) is 4.79 Å². The summed E-state index contributed by atoms with van der Waals surface area (Å²) in [5.41, 5.74) is 2.62. The van der Waals surface area contributed by atoms with Gasteiger partial charge >= 0.3 is 5.97 Å². The SMILES string of the molecule is CC(C)OC(=O)C(Cc1ccc2ccc(C#N)cc2c1)c1ccccc1. The predicted molar refractivity (Wildman–Crippen MR) is 103 cm³/mol. The Morgan fingerprint density at radius 1 is 1.00 bits per heavy atom. The topological polar surface area (TPSA) is 50.1 Å². The van der Waals surface area contributed by atoms with Crippen LogP contribution in [0.3, 0.4) is 0 Å². The molecule has 0 aromatic heterocycles. The molecule has 3 rings (SSSR count). The summed E-state index contributed by atoms with van der Waals surface area (Å²) in [4.78, 5) is 12.7. The minimum absolute atomic E-state index is 0.150. The fraction of sp³-hybridized carbons (Fsp3) is 0.217. The van der Waals surface area contributed by atoms with E-state index < -0.39 is 0 Å². The highest BCUT2D eigenvalue weighted by atomic mass is 16.5. The molecule has 3 nitrogen and oxygen atoms in total. The molecule has 0 radical (unpaired) electrons. The summed E-state index contributed by atoms with van der Waals surface area (Å²) in [6.45, 7) is 3.72. The number of carbonyl (C=O) groups excluding carboxylic acids is 1. The Labute approximate surface area is 153 Å². The van der Waals surface area contributed by atoms with Crippen LogP contribution >= 0.6 is 0 Å². The van der Waals surface area contributed by atoms with E-state index in [2.05, 4.69) is 12.1 Å². The van der Waals surface area contributed by atoms with Crippen molar-refractivity contribution in [3.05, 3.63) is 83.4 Å². The molecule has 26 heavy (non-hydrogen) atoms. The van der Waals surface area contributed by atoms with Crippen LogP contribution in [0.4, 0.5) is 0 Å². The number of nitrogens with zero attached hydrogens (tertiary/aromatic N) is 1. The molecule has 0 fully saturated rings. The fourth-order valence-electron chi connectivity index (χ4n) is 3.07. The maximum absolute atomic E-state index is 12.7. The molecule has 0 heterocycles. The van der Waals surface area contributed by atoms with E-state index in [1.54, 1.807) is 0 Å². The van der Waals surface area contributed by atoms with Gasteiger partial charge in [0, 0.05) is 0 Å². The number of hydrogen-bond acceptors (Lipinski definition) is 3. The number of ether oxygens (including phenoxy) is 1. The van der Waals surface area contributed by atoms with E-state index >= 15 is 0 Å². The van der Waals surface area contributed by atoms with E-state index in [1.165, 1.54) is 0 Å². The van der Waals surface area contributed by atoms with Crippen molar-refractivity contribution < 1.29 is 9.53 Å². The molecule has 0 saturated carbocycles. The number of carbonyl (C=O) groups is 1. The molecule has 1 unspecified atom stereocenters. The highest BCUT2D eigenvalue weighted by Crippen LogP contribution is 2.26.